The van der Waals surface area contributed by atoms with Crippen LogP contribution < -0.4 is 4.74 Å². The molecular weight excluding hydrogens is 236 g/mol. The molecule has 0 aliphatic carbocycles. The average molecular weight is 251 g/mol. The van der Waals surface area contributed by atoms with Crippen molar-refractivity contribution in [2.45, 2.75) is 19.7 Å². The Morgan fingerprint density at radius 2 is 2.06 bits per heavy atom. The van der Waals surface area contributed by atoms with E-state index in [-0.39, 0.29) is 0 Å². The molecule has 90 valence electrons. The summed E-state index contributed by atoms with van der Waals surface area (Å²) in [5.41, 5.74) is 4.38. The lowest BCUT2D eigenvalue weighted by atomic mass is 10.0. The first-order valence-corrected chi connectivity index (χ1v) is 5.94. The molecule has 0 saturated carbocycles. The number of H-pyrrole nitrogens is 1. The van der Waals surface area contributed by atoms with Crippen molar-refractivity contribution in [3.05, 3.63) is 35.3 Å². The van der Waals surface area contributed by atoms with Gasteiger partial charge in [-0.3, -0.25) is 0 Å². The van der Waals surface area contributed by atoms with Gasteiger partial charge in [-0.2, -0.15) is 0 Å². The zero-order valence-corrected chi connectivity index (χ0v) is 10.9. The van der Waals surface area contributed by atoms with Crippen LogP contribution in [0.25, 0.3) is 11.3 Å². The first kappa shape index (κ1) is 12.0. The van der Waals surface area contributed by atoms with Crippen molar-refractivity contribution in [3.63, 3.8) is 0 Å². The number of nitrogens with zero attached hydrogens (tertiary/aromatic N) is 1. The summed E-state index contributed by atoms with van der Waals surface area (Å²) in [4.78, 5) is 7.41. The highest BCUT2D eigenvalue weighted by molar-refractivity contribution is 6.16. The maximum Gasteiger partial charge on any atom is 0.122 e. The van der Waals surface area contributed by atoms with Crippen LogP contribution in [0.5, 0.6) is 5.75 Å². The second-order valence-corrected chi connectivity index (χ2v) is 4.28. The predicted octanol–water partition coefficient (Wildman–Crippen LogP) is 3.44. The number of methoxy groups -OCH3 is 1. The number of halogens is 1. The molecule has 4 heteroatoms. The molecule has 2 aromatic rings. The van der Waals surface area contributed by atoms with Gasteiger partial charge in [-0.15, -0.1) is 11.6 Å². The van der Waals surface area contributed by atoms with Crippen molar-refractivity contribution in [2.24, 2.45) is 0 Å². The van der Waals surface area contributed by atoms with Crippen LogP contribution in [0, 0.1) is 13.8 Å². The number of benzene rings is 1. The third kappa shape index (κ3) is 2.29. The second-order valence-electron chi connectivity index (χ2n) is 4.01. The predicted molar refractivity (Wildman–Crippen MR) is 69.6 cm³/mol. The van der Waals surface area contributed by atoms with E-state index in [9.17, 15) is 0 Å². The molecule has 1 heterocycles. The summed E-state index contributed by atoms with van der Waals surface area (Å²) in [7, 11) is 1.68. The summed E-state index contributed by atoms with van der Waals surface area (Å²) in [5, 5.41) is 0. The Hall–Kier alpha value is -1.48. The first-order chi connectivity index (χ1) is 8.15. The van der Waals surface area contributed by atoms with Crippen LogP contribution in [-0.2, 0) is 5.88 Å². The van der Waals surface area contributed by atoms with E-state index in [1.807, 2.05) is 19.2 Å². The average Bonchev–Trinajstić information content (AvgIpc) is 2.80. The van der Waals surface area contributed by atoms with Gasteiger partial charge in [0.25, 0.3) is 0 Å². The third-order valence-corrected chi connectivity index (χ3v) is 3.04. The number of hydrogen-bond acceptors (Lipinski definition) is 2. The van der Waals surface area contributed by atoms with E-state index in [2.05, 4.69) is 23.0 Å². The summed E-state index contributed by atoms with van der Waals surface area (Å²) < 4.78 is 5.30. The highest BCUT2D eigenvalue weighted by atomic mass is 35.5. The Kier molecular flexibility index (Phi) is 3.38. The lowest BCUT2D eigenvalue weighted by molar-refractivity contribution is 0.411. The Balaban J connectivity index is 2.48. The van der Waals surface area contributed by atoms with E-state index in [0.717, 1.165) is 34.0 Å². The smallest absolute Gasteiger partial charge is 0.122 e. The van der Waals surface area contributed by atoms with E-state index in [0.29, 0.717) is 5.88 Å². The highest BCUT2D eigenvalue weighted by Crippen LogP contribution is 2.29. The van der Waals surface area contributed by atoms with Gasteiger partial charge in [-0.05, 0) is 37.1 Å². The molecule has 1 N–H and O–H groups in total. The minimum absolute atomic E-state index is 0.397. The maximum absolute atomic E-state index is 5.73. The standard InChI is InChI=1S/C13H15ClN2O/c1-8-5-12(17-3)9(2)4-10(8)11-7-15-13(6-14)16-11/h4-5,7H,6H2,1-3H3,(H,15,16). The number of hydrogen-bond donors (Lipinski definition) is 1. The van der Waals surface area contributed by atoms with Crippen LogP contribution in [0.2, 0.25) is 0 Å². The van der Waals surface area contributed by atoms with Crippen LogP contribution in [0.1, 0.15) is 17.0 Å². The fraction of sp³-hybridized carbons (Fsp3) is 0.308. The van der Waals surface area contributed by atoms with E-state index in [1.165, 1.54) is 0 Å². The van der Waals surface area contributed by atoms with Crippen LogP contribution in [0.3, 0.4) is 0 Å². The van der Waals surface area contributed by atoms with Gasteiger partial charge in [0, 0.05) is 5.56 Å². The summed E-state index contributed by atoms with van der Waals surface area (Å²) >= 11 is 5.73. The molecule has 0 saturated heterocycles. The number of imidazole rings is 1. The number of rotatable bonds is 3. The second kappa shape index (κ2) is 4.80. The van der Waals surface area contributed by atoms with Gasteiger partial charge in [-0.25, -0.2) is 4.98 Å². The Morgan fingerprint density at radius 1 is 1.29 bits per heavy atom. The van der Waals surface area contributed by atoms with Gasteiger partial charge in [0.2, 0.25) is 0 Å². The lowest BCUT2D eigenvalue weighted by Gasteiger charge is -2.09. The van der Waals surface area contributed by atoms with Crippen molar-refractivity contribution >= 4 is 11.6 Å². The van der Waals surface area contributed by atoms with Crippen LogP contribution in [0.4, 0.5) is 0 Å². The number of alkyl halides is 1. The topological polar surface area (TPSA) is 37.9 Å². The fourth-order valence-electron chi connectivity index (χ4n) is 1.87. The van der Waals surface area contributed by atoms with Crippen LogP contribution >= 0.6 is 11.6 Å². The summed E-state index contributed by atoms with van der Waals surface area (Å²) in [6.45, 7) is 4.08. The van der Waals surface area contributed by atoms with E-state index in [1.54, 1.807) is 7.11 Å². The maximum atomic E-state index is 5.73. The van der Waals surface area contributed by atoms with E-state index < -0.39 is 0 Å². The van der Waals surface area contributed by atoms with Crippen molar-refractivity contribution < 1.29 is 4.74 Å². The lowest BCUT2D eigenvalue weighted by Crippen LogP contribution is -1.91. The minimum Gasteiger partial charge on any atom is -0.496 e. The number of nitrogens with one attached hydrogen (secondary N) is 1. The van der Waals surface area contributed by atoms with Crippen LogP contribution in [-0.4, -0.2) is 17.1 Å². The molecule has 17 heavy (non-hydrogen) atoms. The van der Waals surface area contributed by atoms with Gasteiger partial charge in [0.1, 0.15) is 11.6 Å². The van der Waals surface area contributed by atoms with Gasteiger partial charge < -0.3 is 9.72 Å². The zero-order chi connectivity index (χ0) is 12.4. The van der Waals surface area contributed by atoms with Gasteiger partial charge in [-0.1, -0.05) is 0 Å². The molecule has 1 aromatic heterocycles. The van der Waals surface area contributed by atoms with Crippen molar-refractivity contribution in [2.75, 3.05) is 7.11 Å². The first-order valence-electron chi connectivity index (χ1n) is 5.41. The Bertz CT molecular complexity index is 534. The number of ether oxygens (including phenoxy) is 1. The molecule has 0 atom stereocenters. The minimum atomic E-state index is 0.397. The van der Waals surface area contributed by atoms with Crippen LogP contribution in [0.15, 0.2) is 18.3 Å². The molecule has 0 amide bonds. The van der Waals surface area contributed by atoms with Gasteiger partial charge >= 0.3 is 0 Å². The summed E-state index contributed by atoms with van der Waals surface area (Å²) in [6.07, 6.45) is 1.81. The summed E-state index contributed by atoms with van der Waals surface area (Å²) in [5.74, 6) is 2.09. The Morgan fingerprint density at radius 3 is 2.65 bits per heavy atom. The highest BCUT2D eigenvalue weighted by Gasteiger charge is 2.09. The molecule has 0 spiro atoms. The van der Waals surface area contributed by atoms with E-state index in [4.69, 9.17) is 16.3 Å². The van der Waals surface area contributed by atoms with Gasteiger partial charge in [0.05, 0.1) is 24.9 Å². The van der Waals surface area contributed by atoms with Crippen molar-refractivity contribution in [1.82, 2.24) is 9.97 Å². The molecule has 0 bridgehead atoms. The monoisotopic (exact) mass is 250 g/mol. The molecular formula is C13H15ClN2O. The molecule has 0 unspecified atom stereocenters. The fourth-order valence-corrected chi connectivity index (χ4v) is 2.00. The Labute approximate surface area is 106 Å². The number of aryl methyl sites for hydroxylation is 2. The van der Waals surface area contributed by atoms with Crippen molar-refractivity contribution in [1.29, 1.82) is 0 Å². The molecule has 1 aromatic carbocycles. The number of aromatic amines is 1. The molecule has 2 rings (SSSR count). The molecule has 0 radical (unpaired) electrons. The largest absolute Gasteiger partial charge is 0.496 e. The zero-order valence-electron chi connectivity index (χ0n) is 10.2. The quantitative estimate of drug-likeness (QED) is 0.848. The third-order valence-electron chi connectivity index (χ3n) is 2.79. The van der Waals surface area contributed by atoms with Gasteiger partial charge in [0.15, 0.2) is 0 Å². The SMILES string of the molecule is COc1cc(C)c(-c2cnc(CCl)[nH]2)cc1C. The van der Waals surface area contributed by atoms with Crippen molar-refractivity contribution in [3.8, 4) is 17.0 Å². The molecule has 0 aliphatic rings. The molecule has 3 nitrogen and oxygen atoms in total. The molecule has 0 aliphatic heterocycles. The number of aromatic nitrogens is 2. The van der Waals surface area contributed by atoms with E-state index >= 15 is 0 Å². The summed E-state index contributed by atoms with van der Waals surface area (Å²) in [6, 6.07) is 4.13. The normalized spacial score (nSPS) is 10.6. The molecule has 0 fully saturated rings.